The topological polar surface area (TPSA) is 62.3 Å². The van der Waals surface area contributed by atoms with E-state index >= 15 is 0 Å². The third kappa shape index (κ3) is 4.27. The second kappa shape index (κ2) is 7.80. The standard InChI is InChI=1S/C18H18ClN3O2S/c1-2-16(23)22-9-3-4-13(11-22)17(24)21-18-20-10-15(25-18)12-5-7-14(19)8-6-12/h2,5-8,10,13H,1,3-4,9,11H2,(H,20,21,24). The van der Waals surface area contributed by atoms with E-state index in [9.17, 15) is 9.59 Å². The van der Waals surface area contributed by atoms with Crippen LogP contribution in [0, 0.1) is 5.92 Å². The van der Waals surface area contributed by atoms with Gasteiger partial charge in [-0.1, -0.05) is 41.6 Å². The van der Waals surface area contributed by atoms with Gasteiger partial charge in [-0.3, -0.25) is 9.59 Å². The van der Waals surface area contributed by atoms with Crippen LogP contribution in [0.1, 0.15) is 12.8 Å². The number of benzene rings is 1. The van der Waals surface area contributed by atoms with Crippen molar-refractivity contribution in [3.63, 3.8) is 0 Å². The van der Waals surface area contributed by atoms with Gasteiger partial charge in [0.25, 0.3) is 0 Å². The lowest BCUT2D eigenvalue weighted by Gasteiger charge is -2.31. The van der Waals surface area contributed by atoms with Crippen LogP contribution in [-0.4, -0.2) is 34.8 Å². The van der Waals surface area contributed by atoms with Crippen molar-refractivity contribution in [1.82, 2.24) is 9.88 Å². The summed E-state index contributed by atoms with van der Waals surface area (Å²) in [6.07, 6.45) is 4.60. The summed E-state index contributed by atoms with van der Waals surface area (Å²) in [4.78, 5) is 31.1. The molecular formula is C18H18ClN3O2S. The molecule has 3 rings (SSSR count). The lowest BCUT2D eigenvalue weighted by molar-refractivity contribution is -0.130. The Labute approximate surface area is 155 Å². The van der Waals surface area contributed by atoms with E-state index in [1.807, 2.05) is 24.3 Å². The fraction of sp³-hybridized carbons (Fsp3) is 0.278. The van der Waals surface area contributed by atoms with E-state index in [1.54, 1.807) is 11.1 Å². The lowest BCUT2D eigenvalue weighted by Crippen LogP contribution is -2.43. The van der Waals surface area contributed by atoms with Gasteiger partial charge in [-0.25, -0.2) is 4.98 Å². The average Bonchev–Trinajstić information content (AvgIpc) is 3.10. The third-order valence-corrected chi connectivity index (χ3v) is 5.36. The molecule has 1 fully saturated rings. The van der Waals surface area contributed by atoms with Gasteiger partial charge in [0.1, 0.15) is 0 Å². The largest absolute Gasteiger partial charge is 0.338 e. The average molecular weight is 376 g/mol. The van der Waals surface area contributed by atoms with Crippen molar-refractivity contribution in [2.45, 2.75) is 12.8 Å². The number of thiazole rings is 1. The van der Waals surface area contributed by atoms with Crippen LogP contribution in [0.15, 0.2) is 43.1 Å². The Morgan fingerprint density at radius 1 is 1.36 bits per heavy atom. The fourth-order valence-corrected chi connectivity index (χ4v) is 3.76. The molecule has 0 aliphatic carbocycles. The predicted molar refractivity (Wildman–Crippen MR) is 101 cm³/mol. The Balaban J connectivity index is 1.64. The molecule has 0 saturated carbocycles. The molecule has 1 aromatic heterocycles. The summed E-state index contributed by atoms with van der Waals surface area (Å²) in [6.45, 7) is 4.60. The van der Waals surface area contributed by atoms with Crippen LogP contribution in [0.2, 0.25) is 5.02 Å². The van der Waals surface area contributed by atoms with Crippen LogP contribution in [0.4, 0.5) is 5.13 Å². The number of carbonyl (C=O) groups is 2. The Kier molecular flexibility index (Phi) is 5.50. The highest BCUT2D eigenvalue weighted by molar-refractivity contribution is 7.19. The van der Waals surface area contributed by atoms with Crippen LogP contribution < -0.4 is 5.32 Å². The molecule has 1 unspecified atom stereocenters. The summed E-state index contributed by atoms with van der Waals surface area (Å²) in [5, 5.41) is 4.11. The molecule has 2 heterocycles. The van der Waals surface area contributed by atoms with Gasteiger partial charge in [-0.05, 0) is 36.6 Å². The number of amides is 2. The number of likely N-dealkylation sites (tertiary alicyclic amines) is 1. The number of carbonyl (C=O) groups excluding carboxylic acids is 2. The molecule has 1 aliphatic rings. The minimum Gasteiger partial charge on any atom is -0.338 e. The van der Waals surface area contributed by atoms with Gasteiger partial charge in [-0.15, -0.1) is 0 Å². The maximum atomic E-state index is 12.5. The number of nitrogens with one attached hydrogen (secondary N) is 1. The molecule has 1 saturated heterocycles. The number of aromatic nitrogens is 1. The zero-order chi connectivity index (χ0) is 17.8. The van der Waals surface area contributed by atoms with E-state index in [0.29, 0.717) is 23.2 Å². The van der Waals surface area contributed by atoms with Crippen molar-refractivity contribution in [2.24, 2.45) is 5.92 Å². The molecule has 1 N–H and O–H groups in total. The number of rotatable bonds is 4. The molecule has 0 bridgehead atoms. The Morgan fingerprint density at radius 3 is 2.84 bits per heavy atom. The summed E-state index contributed by atoms with van der Waals surface area (Å²) >= 11 is 7.31. The maximum Gasteiger partial charge on any atom is 0.245 e. The van der Waals surface area contributed by atoms with Crippen LogP contribution >= 0.6 is 22.9 Å². The summed E-state index contributed by atoms with van der Waals surface area (Å²) in [5.74, 6) is -0.448. The summed E-state index contributed by atoms with van der Waals surface area (Å²) in [5.41, 5.74) is 1.00. The Bertz CT molecular complexity index is 788. The van der Waals surface area contributed by atoms with Crippen molar-refractivity contribution in [1.29, 1.82) is 0 Å². The van der Waals surface area contributed by atoms with E-state index in [4.69, 9.17) is 11.6 Å². The SMILES string of the molecule is C=CC(=O)N1CCCC(C(=O)Nc2ncc(-c3ccc(Cl)cc3)s2)C1. The van der Waals surface area contributed by atoms with Crippen molar-refractivity contribution in [3.05, 3.63) is 48.1 Å². The van der Waals surface area contributed by atoms with Gasteiger partial charge in [0.05, 0.1) is 10.8 Å². The molecule has 1 aliphatic heterocycles. The van der Waals surface area contributed by atoms with Crippen LogP contribution in [0.5, 0.6) is 0 Å². The van der Waals surface area contributed by atoms with E-state index in [-0.39, 0.29) is 17.7 Å². The number of halogens is 1. The maximum absolute atomic E-state index is 12.5. The zero-order valence-corrected chi connectivity index (χ0v) is 15.1. The number of hydrogen-bond acceptors (Lipinski definition) is 4. The monoisotopic (exact) mass is 375 g/mol. The predicted octanol–water partition coefficient (Wildman–Crippen LogP) is 3.83. The molecule has 0 radical (unpaired) electrons. The van der Waals surface area contributed by atoms with Crippen LogP contribution in [0.25, 0.3) is 10.4 Å². The van der Waals surface area contributed by atoms with Gasteiger partial charge in [0.15, 0.2) is 5.13 Å². The quantitative estimate of drug-likeness (QED) is 0.826. The summed E-state index contributed by atoms with van der Waals surface area (Å²) in [7, 11) is 0. The highest BCUT2D eigenvalue weighted by Crippen LogP contribution is 2.30. The van der Waals surface area contributed by atoms with E-state index in [2.05, 4.69) is 16.9 Å². The molecule has 130 valence electrons. The first kappa shape index (κ1) is 17.6. The smallest absolute Gasteiger partial charge is 0.245 e. The normalized spacial score (nSPS) is 17.2. The minimum atomic E-state index is -0.222. The first-order valence-corrected chi connectivity index (χ1v) is 9.20. The number of anilines is 1. The van der Waals surface area contributed by atoms with Crippen LogP contribution in [0.3, 0.4) is 0 Å². The molecule has 5 nitrogen and oxygen atoms in total. The minimum absolute atomic E-state index is 0.0985. The Hall–Kier alpha value is -2.18. The van der Waals surface area contributed by atoms with Crippen molar-refractivity contribution >= 4 is 39.9 Å². The van der Waals surface area contributed by atoms with Gasteiger partial charge in [0.2, 0.25) is 11.8 Å². The molecule has 2 aromatic rings. The first-order valence-electron chi connectivity index (χ1n) is 8.01. The summed E-state index contributed by atoms with van der Waals surface area (Å²) < 4.78 is 0. The number of hydrogen-bond donors (Lipinski definition) is 1. The third-order valence-electron chi connectivity index (χ3n) is 4.14. The molecule has 2 amide bonds. The molecular weight excluding hydrogens is 358 g/mol. The van der Waals surface area contributed by atoms with E-state index in [1.165, 1.54) is 17.4 Å². The Morgan fingerprint density at radius 2 is 2.12 bits per heavy atom. The van der Waals surface area contributed by atoms with Gasteiger partial charge >= 0.3 is 0 Å². The van der Waals surface area contributed by atoms with Gasteiger partial charge in [0, 0.05) is 24.3 Å². The van der Waals surface area contributed by atoms with Gasteiger partial charge in [-0.2, -0.15) is 0 Å². The molecule has 25 heavy (non-hydrogen) atoms. The zero-order valence-electron chi connectivity index (χ0n) is 13.6. The van der Waals surface area contributed by atoms with Crippen LogP contribution in [-0.2, 0) is 9.59 Å². The first-order chi connectivity index (χ1) is 12.1. The number of piperidine rings is 1. The molecule has 1 atom stereocenters. The molecule has 7 heteroatoms. The summed E-state index contributed by atoms with van der Waals surface area (Å²) in [6, 6.07) is 7.48. The highest BCUT2D eigenvalue weighted by Gasteiger charge is 2.28. The molecule has 1 aromatic carbocycles. The van der Waals surface area contributed by atoms with E-state index in [0.717, 1.165) is 23.3 Å². The molecule has 0 spiro atoms. The second-order valence-corrected chi connectivity index (χ2v) is 7.32. The van der Waals surface area contributed by atoms with Crippen molar-refractivity contribution < 1.29 is 9.59 Å². The fourth-order valence-electron chi connectivity index (χ4n) is 2.81. The number of nitrogens with zero attached hydrogens (tertiary/aromatic N) is 2. The lowest BCUT2D eigenvalue weighted by atomic mass is 9.97. The van der Waals surface area contributed by atoms with Crippen molar-refractivity contribution in [3.8, 4) is 10.4 Å². The van der Waals surface area contributed by atoms with Crippen molar-refractivity contribution in [2.75, 3.05) is 18.4 Å². The van der Waals surface area contributed by atoms with E-state index < -0.39 is 0 Å². The second-order valence-electron chi connectivity index (χ2n) is 5.85. The van der Waals surface area contributed by atoms with Gasteiger partial charge < -0.3 is 10.2 Å². The highest BCUT2D eigenvalue weighted by atomic mass is 35.5.